The number of carbonyl (C=O) groups excluding carboxylic acids is 1. The van der Waals surface area contributed by atoms with Crippen LogP contribution in [-0.2, 0) is 0 Å². The van der Waals surface area contributed by atoms with E-state index >= 15 is 0 Å². The van der Waals surface area contributed by atoms with E-state index in [9.17, 15) is 9.59 Å². The molecule has 3 aromatic rings. The molecule has 0 unspecified atom stereocenters. The number of aromatic carboxylic acids is 1. The van der Waals surface area contributed by atoms with E-state index in [-0.39, 0.29) is 11.3 Å². The molecule has 2 amide bonds. The summed E-state index contributed by atoms with van der Waals surface area (Å²) in [6.07, 6.45) is 2.66. The molecule has 0 spiro atoms. The summed E-state index contributed by atoms with van der Waals surface area (Å²) in [5.41, 5.74) is 0.757. The fraction of sp³-hybridized carbons (Fsp3) is 0. The Balaban J connectivity index is 1.84. The minimum absolute atomic E-state index is 0.0203. The number of nitrogens with zero attached hydrogens (tertiary/aromatic N) is 1. The van der Waals surface area contributed by atoms with E-state index < -0.39 is 12.0 Å². The van der Waals surface area contributed by atoms with Crippen molar-refractivity contribution in [1.82, 2.24) is 4.98 Å². The predicted octanol–water partition coefficient (Wildman–Crippen LogP) is 3.58. The maximum absolute atomic E-state index is 12.2. The number of aromatic nitrogens is 1. The van der Waals surface area contributed by atoms with Gasteiger partial charge in [0.05, 0.1) is 23.1 Å². The molecule has 0 atom stereocenters. The van der Waals surface area contributed by atoms with Crippen LogP contribution >= 0.6 is 0 Å². The van der Waals surface area contributed by atoms with E-state index in [0.29, 0.717) is 5.69 Å². The van der Waals surface area contributed by atoms with Gasteiger partial charge in [0.15, 0.2) is 0 Å². The van der Waals surface area contributed by atoms with Gasteiger partial charge in [-0.05, 0) is 17.5 Å². The van der Waals surface area contributed by atoms with Crippen molar-refractivity contribution in [3.05, 3.63) is 66.5 Å². The predicted molar refractivity (Wildman–Crippen MR) is 87.8 cm³/mol. The summed E-state index contributed by atoms with van der Waals surface area (Å²) in [5.74, 6) is -1.13. The molecule has 0 saturated carbocycles. The van der Waals surface area contributed by atoms with Crippen molar-refractivity contribution in [2.45, 2.75) is 0 Å². The van der Waals surface area contributed by atoms with Gasteiger partial charge in [-0.25, -0.2) is 9.59 Å². The van der Waals surface area contributed by atoms with Crippen molar-refractivity contribution in [2.24, 2.45) is 0 Å². The van der Waals surface area contributed by atoms with Crippen LogP contribution in [0.5, 0.6) is 0 Å². The highest BCUT2D eigenvalue weighted by Gasteiger charge is 2.12. The third-order valence-corrected chi connectivity index (χ3v) is 3.34. The first-order valence-electron chi connectivity index (χ1n) is 6.88. The lowest BCUT2D eigenvalue weighted by Crippen LogP contribution is -2.21. The molecule has 0 fully saturated rings. The van der Waals surface area contributed by atoms with Gasteiger partial charge in [-0.1, -0.05) is 36.4 Å². The monoisotopic (exact) mass is 307 g/mol. The van der Waals surface area contributed by atoms with Crippen LogP contribution in [0.4, 0.5) is 16.2 Å². The molecule has 3 N–H and O–H groups in total. The first-order chi connectivity index (χ1) is 11.1. The molecule has 2 aromatic carbocycles. The normalized spacial score (nSPS) is 10.3. The molecule has 1 heterocycles. The van der Waals surface area contributed by atoms with Crippen molar-refractivity contribution in [3.8, 4) is 0 Å². The number of hydrogen-bond donors (Lipinski definition) is 3. The van der Waals surface area contributed by atoms with Crippen LogP contribution in [0.3, 0.4) is 0 Å². The van der Waals surface area contributed by atoms with Gasteiger partial charge in [0.25, 0.3) is 0 Å². The third-order valence-electron chi connectivity index (χ3n) is 3.34. The number of hydrogen-bond acceptors (Lipinski definition) is 3. The number of rotatable bonds is 3. The number of carbonyl (C=O) groups is 2. The molecule has 0 saturated heterocycles. The van der Waals surface area contributed by atoms with Crippen molar-refractivity contribution in [3.63, 3.8) is 0 Å². The molecule has 6 heteroatoms. The average molecular weight is 307 g/mol. The summed E-state index contributed by atoms with van der Waals surface area (Å²) < 4.78 is 0. The van der Waals surface area contributed by atoms with Crippen molar-refractivity contribution in [2.75, 3.05) is 10.6 Å². The summed E-state index contributed by atoms with van der Waals surface area (Å²) >= 11 is 0. The Bertz CT molecular complexity index is 888. The van der Waals surface area contributed by atoms with Crippen LogP contribution < -0.4 is 10.6 Å². The lowest BCUT2D eigenvalue weighted by Gasteiger charge is -2.11. The van der Waals surface area contributed by atoms with E-state index in [0.717, 1.165) is 10.8 Å². The SMILES string of the molecule is O=C(Nc1cnccc1C(=O)O)Nc1cccc2ccccc12. The molecular formula is C17H13N3O3. The van der Waals surface area contributed by atoms with Gasteiger partial charge in [-0.3, -0.25) is 4.98 Å². The second-order valence-corrected chi connectivity index (χ2v) is 4.83. The molecule has 0 aliphatic heterocycles. The Morgan fingerprint density at radius 2 is 1.65 bits per heavy atom. The van der Waals surface area contributed by atoms with Crippen LogP contribution in [0.1, 0.15) is 10.4 Å². The zero-order valence-corrected chi connectivity index (χ0v) is 12.0. The van der Waals surface area contributed by atoms with Gasteiger partial charge in [0.2, 0.25) is 0 Å². The number of anilines is 2. The minimum Gasteiger partial charge on any atom is -0.478 e. The third kappa shape index (κ3) is 3.11. The Morgan fingerprint density at radius 3 is 2.48 bits per heavy atom. The highest BCUT2D eigenvalue weighted by atomic mass is 16.4. The van der Waals surface area contributed by atoms with Gasteiger partial charge in [-0.15, -0.1) is 0 Å². The average Bonchev–Trinajstić information content (AvgIpc) is 2.55. The van der Waals surface area contributed by atoms with Crippen LogP contribution in [0.2, 0.25) is 0 Å². The Morgan fingerprint density at radius 1 is 0.913 bits per heavy atom. The molecule has 23 heavy (non-hydrogen) atoms. The fourth-order valence-electron chi connectivity index (χ4n) is 2.29. The Hall–Kier alpha value is -3.41. The van der Waals surface area contributed by atoms with Gasteiger partial charge < -0.3 is 15.7 Å². The van der Waals surface area contributed by atoms with Gasteiger partial charge in [-0.2, -0.15) is 0 Å². The largest absolute Gasteiger partial charge is 0.478 e. The molecule has 3 rings (SSSR count). The standard InChI is InChI=1S/C17H13N3O3/c21-16(22)13-8-9-18-10-15(13)20-17(23)19-14-7-3-5-11-4-1-2-6-12(11)14/h1-10H,(H,21,22)(H2,19,20,23). The van der Waals surface area contributed by atoms with E-state index in [4.69, 9.17) is 5.11 Å². The second kappa shape index (κ2) is 6.15. The highest BCUT2D eigenvalue weighted by Crippen LogP contribution is 2.23. The van der Waals surface area contributed by atoms with Crippen LogP contribution in [0.25, 0.3) is 10.8 Å². The topological polar surface area (TPSA) is 91.3 Å². The maximum Gasteiger partial charge on any atom is 0.337 e. The first-order valence-corrected chi connectivity index (χ1v) is 6.88. The van der Waals surface area contributed by atoms with E-state index in [1.165, 1.54) is 18.5 Å². The second-order valence-electron chi connectivity index (χ2n) is 4.83. The molecular weight excluding hydrogens is 294 g/mol. The molecule has 1 aromatic heterocycles. The fourth-order valence-corrected chi connectivity index (χ4v) is 2.29. The van der Waals surface area contributed by atoms with E-state index in [1.807, 2.05) is 36.4 Å². The number of fused-ring (bicyclic) bond motifs is 1. The number of pyridine rings is 1. The van der Waals surface area contributed by atoms with Gasteiger partial charge in [0, 0.05) is 11.6 Å². The van der Waals surface area contributed by atoms with Gasteiger partial charge in [0.1, 0.15) is 0 Å². The van der Waals surface area contributed by atoms with Crippen molar-refractivity contribution >= 4 is 34.1 Å². The molecule has 0 aliphatic carbocycles. The van der Waals surface area contributed by atoms with Crippen LogP contribution in [0.15, 0.2) is 60.9 Å². The van der Waals surface area contributed by atoms with Crippen LogP contribution in [0, 0.1) is 0 Å². The molecule has 6 nitrogen and oxygen atoms in total. The zero-order chi connectivity index (χ0) is 16.2. The summed E-state index contributed by atoms with van der Waals surface area (Å²) in [6.45, 7) is 0. The zero-order valence-electron chi connectivity index (χ0n) is 12.0. The minimum atomic E-state index is -1.13. The number of carboxylic acid groups (broad SMARTS) is 1. The number of carboxylic acids is 1. The molecule has 0 bridgehead atoms. The Kier molecular flexibility index (Phi) is 3.88. The van der Waals surface area contributed by atoms with Crippen molar-refractivity contribution < 1.29 is 14.7 Å². The highest BCUT2D eigenvalue weighted by molar-refractivity contribution is 6.08. The summed E-state index contributed by atoms with van der Waals surface area (Å²) in [4.78, 5) is 27.1. The molecule has 0 aliphatic rings. The summed E-state index contributed by atoms with van der Waals surface area (Å²) in [5, 5.41) is 16.2. The summed E-state index contributed by atoms with van der Waals surface area (Å²) in [6, 6.07) is 14.0. The van der Waals surface area contributed by atoms with E-state index in [1.54, 1.807) is 6.07 Å². The maximum atomic E-state index is 12.2. The van der Waals surface area contributed by atoms with Crippen LogP contribution in [-0.4, -0.2) is 22.1 Å². The lowest BCUT2D eigenvalue weighted by atomic mass is 10.1. The number of benzene rings is 2. The number of nitrogens with one attached hydrogen (secondary N) is 2. The number of amides is 2. The van der Waals surface area contributed by atoms with Gasteiger partial charge >= 0.3 is 12.0 Å². The van der Waals surface area contributed by atoms with E-state index in [2.05, 4.69) is 15.6 Å². The van der Waals surface area contributed by atoms with Crippen molar-refractivity contribution in [1.29, 1.82) is 0 Å². The quantitative estimate of drug-likeness (QED) is 0.689. The Labute approximate surface area is 131 Å². The molecule has 0 radical (unpaired) electrons. The smallest absolute Gasteiger partial charge is 0.337 e. The first kappa shape index (κ1) is 14.5. The molecule has 114 valence electrons. The lowest BCUT2D eigenvalue weighted by molar-refractivity contribution is 0.0698. The summed E-state index contributed by atoms with van der Waals surface area (Å²) in [7, 11) is 0. The number of urea groups is 1.